The van der Waals surface area contributed by atoms with Crippen LogP contribution in [0, 0.1) is 11.7 Å². The van der Waals surface area contributed by atoms with Crippen LogP contribution >= 0.6 is 0 Å². The van der Waals surface area contributed by atoms with Crippen molar-refractivity contribution in [1.82, 2.24) is 5.32 Å². The fraction of sp³-hybridized carbons (Fsp3) is 0.462. The summed E-state index contributed by atoms with van der Waals surface area (Å²) in [5.74, 6) is 0.192. The minimum Gasteiger partial charge on any atom is -0.345 e. The number of benzene rings is 1. The largest absolute Gasteiger partial charge is 0.345 e. The van der Waals surface area contributed by atoms with E-state index in [1.807, 2.05) is 0 Å². The van der Waals surface area contributed by atoms with Crippen LogP contribution in [0.1, 0.15) is 47.6 Å². The Labute approximate surface area is 93.9 Å². The van der Waals surface area contributed by atoms with Gasteiger partial charge < -0.3 is 5.32 Å². The highest BCUT2D eigenvalue weighted by Gasteiger charge is 2.35. The van der Waals surface area contributed by atoms with Gasteiger partial charge in [0, 0.05) is 5.56 Å². The third kappa shape index (κ3) is 1.42. The first-order valence-electron chi connectivity index (χ1n) is 5.86. The molecule has 2 nitrogen and oxygen atoms in total. The van der Waals surface area contributed by atoms with Crippen LogP contribution in [0.4, 0.5) is 4.39 Å². The molecule has 1 N–H and O–H groups in total. The smallest absolute Gasteiger partial charge is 0.252 e. The van der Waals surface area contributed by atoms with Gasteiger partial charge in [0.15, 0.2) is 0 Å². The second kappa shape index (κ2) is 3.58. The quantitative estimate of drug-likeness (QED) is 0.773. The Morgan fingerprint density at radius 1 is 1.25 bits per heavy atom. The summed E-state index contributed by atoms with van der Waals surface area (Å²) in [7, 11) is 0. The van der Waals surface area contributed by atoms with E-state index >= 15 is 0 Å². The lowest BCUT2D eigenvalue weighted by molar-refractivity contribution is 0.0946. The van der Waals surface area contributed by atoms with Crippen LogP contribution in [0.5, 0.6) is 0 Å². The van der Waals surface area contributed by atoms with Gasteiger partial charge >= 0.3 is 0 Å². The fourth-order valence-corrected chi connectivity index (χ4v) is 2.96. The first-order valence-corrected chi connectivity index (χ1v) is 5.86. The first-order chi connectivity index (χ1) is 7.75. The van der Waals surface area contributed by atoms with E-state index in [1.165, 1.54) is 25.0 Å². The fourth-order valence-electron chi connectivity index (χ4n) is 2.96. The maximum absolute atomic E-state index is 13.2. The zero-order valence-corrected chi connectivity index (χ0v) is 9.00. The number of rotatable bonds is 1. The Balaban J connectivity index is 1.99. The molecule has 0 spiro atoms. The zero-order chi connectivity index (χ0) is 11.1. The summed E-state index contributed by atoms with van der Waals surface area (Å²) in [4.78, 5) is 11.7. The summed E-state index contributed by atoms with van der Waals surface area (Å²) in [5.41, 5.74) is 1.51. The highest BCUT2D eigenvalue weighted by molar-refractivity contribution is 5.99. The highest BCUT2D eigenvalue weighted by Crippen LogP contribution is 2.39. The van der Waals surface area contributed by atoms with Crippen LogP contribution in [-0.2, 0) is 0 Å². The van der Waals surface area contributed by atoms with Gasteiger partial charge in [-0.05, 0) is 42.5 Å². The Morgan fingerprint density at radius 3 is 2.75 bits per heavy atom. The molecule has 0 aromatic heterocycles. The standard InChI is InChI=1S/C13H14FNO/c14-9-5-6-10-11(7-9)12(15-13(10)16)8-3-1-2-4-8/h5-8,12H,1-4H2,(H,15,16). The van der Waals surface area contributed by atoms with Crippen molar-refractivity contribution in [2.24, 2.45) is 5.92 Å². The van der Waals surface area contributed by atoms with Crippen LogP contribution in [0.15, 0.2) is 18.2 Å². The van der Waals surface area contributed by atoms with Crippen molar-refractivity contribution in [3.8, 4) is 0 Å². The number of nitrogens with one attached hydrogen (secondary N) is 1. The molecular formula is C13H14FNO. The first kappa shape index (κ1) is 9.82. The van der Waals surface area contributed by atoms with Gasteiger partial charge in [-0.2, -0.15) is 0 Å². The van der Waals surface area contributed by atoms with Crippen molar-refractivity contribution in [2.45, 2.75) is 31.7 Å². The molecule has 2 aliphatic rings. The molecule has 1 aromatic rings. The summed E-state index contributed by atoms with van der Waals surface area (Å²) in [6, 6.07) is 4.50. The predicted octanol–water partition coefficient (Wildman–Crippen LogP) is 2.80. The molecule has 84 valence electrons. The lowest BCUT2D eigenvalue weighted by Crippen LogP contribution is -2.24. The summed E-state index contributed by atoms with van der Waals surface area (Å²) in [6.07, 6.45) is 4.73. The van der Waals surface area contributed by atoms with Gasteiger partial charge in [0.25, 0.3) is 5.91 Å². The zero-order valence-electron chi connectivity index (χ0n) is 9.00. The average molecular weight is 219 g/mol. The minimum absolute atomic E-state index is 0.0423. The molecule has 1 aliphatic heterocycles. The van der Waals surface area contributed by atoms with E-state index in [4.69, 9.17) is 0 Å². The van der Waals surface area contributed by atoms with Gasteiger partial charge in [-0.15, -0.1) is 0 Å². The number of hydrogen-bond acceptors (Lipinski definition) is 1. The highest BCUT2D eigenvalue weighted by atomic mass is 19.1. The van der Waals surface area contributed by atoms with Crippen LogP contribution in [0.25, 0.3) is 0 Å². The molecule has 1 fully saturated rings. The molecular weight excluding hydrogens is 205 g/mol. The van der Waals surface area contributed by atoms with Gasteiger partial charge in [0.05, 0.1) is 6.04 Å². The molecule has 1 atom stereocenters. The molecule has 1 amide bonds. The Bertz CT molecular complexity index is 438. The van der Waals surface area contributed by atoms with Gasteiger partial charge in [0.2, 0.25) is 0 Å². The summed E-state index contributed by atoms with van der Waals surface area (Å²) in [5, 5.41) is 2.98. The molecule has 1 unspecified atom stereocenters. The summed E-state index contributed by atoms with van der Waals surface area (Å²) >= 11 is 0. The number of carbonyl (C=O) groups excluding carboxylic acids is 1. The molecule has 0 saturated heterocycles. The second-order valence-corrected chi connectivity index (χ2v) is 4.73. The second-order valence-electron chi connectivity index (χ2n) is 4.73. The third-order valence-electron chi connectivity index (χ3n) is 3.75. The third-order valence-corrected chi connectivity index (χ3v) is 3.75. The monoisotopic (exact) mass is 219 g/mol. The number of carbonyl (C=O) groups is 1. The number of hydrogen-bond donors (Lipinski definition) is 1. The van der Waals surface area contributed by atoms with Crippen LogP contribution in [-0.4, -0.2) is 5.91 Å². The van der Waals surface area contributed by atoms with Crippen LogP contribution < -0.4 is 5.32 Å². The SMILES string of the molecule is O=C1NC(C2CCCC2)c2cc(F)ccc21. The lowest BCUT2D eigenvalue weighted by Gasteiger charge is -2.18. The van der Waals surface area contributed by atoms with Gasteiger partial charge in [-0.1, -0.05) is 12.8 Å². The van der Waals surface area contributed by atoms with Crippen LogP contribution in [0.2, 0.25) is 0 Å². The maximum atomic E-state index is 13.2. The number of halogens is 1. The van der Waals surface area contributed by atoms with E-state index in [0.29, 0.717) is 11.5 Å². The summed E-state index contributed by atoms with van der Waals surface area (Å²) < 4.78 is 13.2. The van der Waals surface area contributed by atoms with E-state index in [1.54, 1.807) is 6.07 Å². The van der Waals surface area contributed by atoms with Crippen molar-refractivity contribution in [3.05, 3.63) is 35.1 Å². The Hall–Kier alpha value is -1.38. The van der Waals surface area contributed by atoms with E-state index in [0.717, 1.165) is 18.4 Å². The van der Waals surface area contributed by atoms with Crippen molar-refractivity contribution < 1.29 is 9.18 Å². The molecule has 1 aromatic carbocycles. The van der Waals surface area contributed by atoms with Gasteiger partial charge in [-0.25, -0.2) is 4.39 Å². The Kier molecular flexibility index (Phi) is 2.20. The van der Waals surface area contributed by atoms with E-state index in [-0.39, 0.29) is 17.8 Å². The van der Waals surface area contributed by atoms with E-state index in [9.17, 15) is 9.18 Å². The van der Waals surface area contributed by atoms with E-state index in [2.05, 4.69) is 5.32 Å². The summed E-state index contributed by atoms with van der Waals surface area (Å²) in [6.45, 7) is 0. The number of amides is 1. The molecule has 3 rings (SSSR count). The molecule has 1 aliphatic carbocycles. The van der Waals surface area contributed by atoms with E-state index < -0.39 is 0 Å². The molecule has 16 heavy (non-hydrogen) atoms. The lowest BCUT2D eigenvalue weighted by atomic mass is 9.92. The predicted molar refractivity (Wildman–Crippen MR) is 58.6 cm³/mol. The van der Waals surface area contributed by atoms with Gasteiger partial charge in [0.1, 0.15) is 5.82 Å². The van der Waals surface area contributed by atoms with Gasteiger partial charge in [-0.3, -0.25) is 4.79 Å². The van der Waals surface area contributed by atoms with Crippen molar-refractivity contribution in [1.29, 1.82) is 0 Å². The Morgan fingerprint density at radius 2 is 2.00 bits per heavy atom. The number of fused-ring (bicyclic) bond motifs is 1. The van der Waals surface area contributed by atoms with Crippen LogP contribution in [0.3, 0.4) is 0 Å². The van der Waals surface area contributed by atoms with Crippen molar-refractivity contribution >= 4 is 5.91 Å². The molecule has 0 bridgehead atoms. The van der Waals surface area contributed by atoms with Crippen molar-refractivity contribution in [2.75, 3.05) is 0 Å². The van der Waals surface area contributed by atoms with Crippen molar-refractivity contribution in [3.63, 3.8) is 0 Å². The maximum Gasteiger partial charge on any atom is 0.252 e. The molecule has 1 heterocycles. The molecule has 0 radical (unpaired) electrons. The molecule has 3 heteroatoms. The topological polar surface area (TPSA) is 29.1 Å². The minimum atomic E-state index is -0.252. The normalized spacial score (nSPS) is 24.6. The average Bonchev–Trinajstić information content (AvgIpc) is 2.86. The molecule has 1 saturated carbocycles.